The number of hydrogen-bond acceptors (Lipinski definition) is 2. The molecule has 0 N–H and O–H groups in total. The van der Waals surface area contributed by atoms with Gasteiger partial charge in [-0.1, -0.05) is 147 Å². The van der Waals surface area contributed by atoms with E-state index < -0.39 is 0 Å². The number of para-hydroxylation sites is 4. The summed E-state index contributed by atoms with van der Waals surface area (Å²) in [6.07, 6.45) is 0. The Morgan fingerprint density at radius 3 is 1.15 bits per heavy atom. The van der Waals surface area contributed by atoms with Gasteiger partial charge in [0.1, 0.15) is 23.0 Å². The summed E-state index contributed by atoms with van der Waals surface area (Å²) < 4.78 is 13.0. The van der Waals surface area contributed by atoms with Crippen LogP contribution in [0.4, 0.5) is 0 Å². The Balaban J connectivity index is 1.37. The fourth-order valence-corrected chi connectivity index (χ4v) is 8.37. The van der Waals surface area contributed by atoms with Crippen molar-refractivity contribution in [3.05, 3.63) is 145 Å². The summed E-state index contributed by atoms with van der Waals surface area (Å²) in [4.78, 5) is 0. The van der Waals surface area contributed by atoms with Gasteiger partial charge in [0.25, 0.3) is 13.4 Å². The van der Waals surface area contributed by atoms with E-state index in [0.29, 0.717) is 0 Å². The van der Waals surface area contributed by atoms with E-state index in [4.69, 9.17) is 9.47 Å². The van der Waals surface area contributed by atoms with Crippen molar-refractivity contribution in [1.82, 2.24) is 0 Å². The van der Waals surface area contributed by atoms with Crippen molar-refractivity contribution in [1.29, 1.82) is 0 Å². The van der Waals surface area contributed by atoms with Gasteiger partial charge in [-0.15, -0.1) is 0 Å². The second kappa shape index (κ2) is 10.0. The van der Waals surface area contributed by atoms with Crippen LogP contribution < -0.4 is 42.3 Å². The van der Waals surface area contributed by atoms with Gasteiger partial charge < -0.3 is 9.47 Å². The second-order valence-corrected chi connectivity index (χ2v) is 14.4. The molecule has 2 nitrogen and oxygen atoms in total. The van der Waals surface area contributed by atoms with Gasteiger partial charge in [0.15, 0.2) is 0 Å². The van der Waals surface area contributed by atoms with Crippen LogP contribution in [0.1, 0.15) is 26.3 Å². The number of ether oxygens (including phenoxy) is 2. The molecule has 0 aromatic heterocycles. The Hall–Kier alpha value is -5.47. The fourth-order valence-electron chi connectivity index (χ4n) is 8.37. The number of fused-ring (bicyclic) bond motifs is 4. The van der Waals surface area contributed by atoms with Crippen molar-refractivity contribution in [2.24, 2.45) is 0 Å². The van der Waals surface area contributed by atoms with Crippen LogP contribution in [0.2, 0.25) is 0 Å². The summed E-state index contributed by atoms with van der Waals surface area (Å²) >= 11 is 0. The van der Waals surface area contributed by atoms with Gasteiger partial charge >= 0.3 is 0 Å². The molecule has 4 heteroatoms. The van der Waals surface area contributed by atoms with Crippen LogP contribution in [0.15, 0.2) is 140 Å². The molecular formula is C44H32B2O2. The maximum Gasteiger partial charge on any atom is 0.251 e. The maximum atomic E-state index is 6.52. The SMILES string of the molecule is CC(C)(C)c1cc2ccc3c(B4c5ccccc5Oc5ccccc54)cc(B4c5ccccc5Oc5ccccc54)c4ccc(c1)c2c34. The Morgan fingerprint density at radius 1 is 0.396 bits per heavy atom. The molecule has 0 saturated carbocycles. The molecule has 0 radical (unpaired) electrons. The molecule has 0 atom stereocenters. The molecule has 2 aliphatic heterocycles. The molecule has 48 heavy (non-hydrogen) atoms. The van der Waals surface area contributed by atoms with E-state index in [-0.39, 0.29) is 18.8 Å². The molecule has 0 bridgehead atoms. The summed E-state index contributed by atoms with van der Waals surface area (Å²) in [6.45, 7) is 6.91. The third-order valence-corrected chi connectivity index (χ3v) is 10.6. The van der Waals surface area contributed by atoms with Crippen LogP contribution in [0.3, 0.4) is 0 Å². The van der Waals surface area contributed by atoms with Gasteiger partial charge in [0, 0.05) is 0 Å². The molecule has 0 fully saturated rings. The Labute approximate surface area is 281 Å². The highest BCUT2D eigenvalue weighted by atomic mass is 16.5. The first kappa shape index (κ1) is 27.6. The van der Waals surface area contributed by atoms with Crippen LogP contribution in [0.25, 0.3) is 32.3 Å². The van der Waals surface area contributed by atoms with E-state index in [9.17, 15) is 0 Å². The topological polar surface area (TPSA) is 18.5 Å². The molecule has 0 spiro atoms. The standard InChI is InChI=1S/C44H32B2O2/c1-44(2,3)29-24-27-20-22-30-36(45-32-12-4-8-16-38(32)47-39-17-9-5-13-33(39)45)26-37(31-23-21-28(25-29)42(27)43(30)31)46-34-14-6-10-18-40(34)48-41-19-11-7-15-35(41)46/h4-26H,1-3H3. The van der Waals surface area contributed by atoms with E-state index >= 15 is 0 Å². The van der Waals surface area contributed by atoms with E-state index in [1.54, 1.807) is 0 Å². The molecule has 2 aliphatic rings. The van der Waals surface area contributed by atoms with Crippen LogP contribution in [-0.4, -0.2) is 13.4 Å². The van der Waals surface area contributed by atoms with Crippen LogP contribution >= 0.6 is 0 Å². The Morgan fingerprint density at radius 2 is 0.771 bits per heavy atom. The van der Waals surface area contributed by atoms with Gasteiger partial charge in [-0.3, -0.25) is 0 Å². The highest BCUT2D eigenvalue weighted by Crippen LogP contribution is 2.38. The zero-order chi connectivity index (χ0) is 32.1. The quantitative estimate of drug-likeness (QED) is 0.153. The zero-order valence-corrected chi connectivity index (χ0v) is 27.3. The third kappa shape index (κ3) is 3.96. The van der Waals surface area contributed by atoms with Crippen molar-refractivity contribution in [3.8, 4) is 23.0 Å². The van der Waals surface area contributed by atoms with Crippen molar-refractivity contribution >= 4 is 78.5 Å². The molecule has 8 aromatic rings. The number of hydrogen-bond donors (Lipinski definition) is 0. The minimum absolute atomic E-state index is 0.00457. The molecule has 0 aliphatic carbocycles. The third-order valence-electron chi connectivity index (χ3n) is 10.6. The van der Waals surface area contributed by atoms with Gasteiger partial charge in [-0.05, 0) is 89.4 Å². The van der Waals surface area contributed by atoms with Crippen LogP contribution in [0.5, 0.6) is 23.0 Å². The highest BCUT2D eigenvalue weighted by Gasteiger charge is 2.38. The van der Waals surface area contributed by atoms with E-state index in [1.165, 1.54) is 70.7 Å². The molecule has 0 saturated heterocycles. The van der Waals surface area contributed by atoms with Crippen molar-refractivity contribution < 1.29 is 9.47 Å². The summed E-state index contributed by atoms with van der Waals surface area (Å²) in [5.74, 6) is 3.69. The first-order valence-corrected chi connectivity index (χ1v) is 16.9. The van der Waals surface area contributed by atoms with Crippen molar-refractivity contribution in [2.45, 2.75) is 26.2 Å². The normalized spacial score (nSPS) is 13.6. The number of rotatable bonds is 2. The molecule has 226 valence electrons. The molecule has 10 rings (SSSR count). The predicted molar refractivity (Wildman–Crippen MR) is 204 cm³/mol. The summed E-state index contributed by atoms with van der Waals surface area (Å²) in [5, 5.41) is 7.84. The van der Waals surface area contributed by atoms with Gasteiger partial charge in [0.05, 0.1) is 0 Å². The summed E-state index contributed by atoms with van der Waals surface area (Å²) in [7, 11) is 0. The first-order valence-electron chi connectivity index (χ1n) is 16.9. The largest absolute Gasteiger partial charge is 0.458 e. The van der Waals surface area contributed by atoms with Gasteiger partial charge in [-0.25, -0.2) is 0 Å². The molecule has 2 heterocycles. The second-order valence-electron chi connectivity index (χ2n) is 14.4. The molecular weight excluding hydrogens is 582 g/mol. The smallest absolute Gasteiger partial charge is 0.251 e. The maximum absolute atomic E-state index is 6.52. The molecule has 0 amide bonds. The average molecular weight is 614 g/mol. The van der Waals surface area contributed by atoms with E-state index in [0.717, 1.165) is 23.0 Å². The molecule has 0 unspecified atom stereocenters. The van der Waals surface area contributed by atoms with Crippen molar-refractivity contribution in [3.63, 3.8) is 0 Å². The monoisotopic (exact) mass is 614 g/mol. The lowest BCUT2D eigenvalue weighted by Gasteiger charge is -2.31. The van der Waals surface area contributed by atoms with Crippen molar-refractivity contribution in [2.75, 3.05) is 0 Å². The van der Waals surface area contributed by atoms with Crippen LogP contribution in [-0.2, 0) is 5.41 Å². The fraction of sp³-hybridized carbons (Fsp3) is 0.0909. The summed E-state index contributed by atoms with van der Waals surface area (Å²) in [6, 6.07) is 51.0. The Bertz CT molecular complexity index is 2320. The first-order chi connectivity index (χ1) is 23.4. The van der Waals surface area contributed by atoms with E-state index in [1.807, 2.05) is 0 Å². The lowest BCUT2D eigenvalue weighted by Crippen LogP contribution is -2.59. The predicted octanol–water partition coefficient (Wildman–Crippen LogP) is 7.13. The summed E-state index contributed by atoms with van der Waals surface area (Å²) in [5.41, 5.74) is 8.78. The van der Waals surface area contributed by atoms with Gasteiger partial charge in [-0.2, -0.15) is 0 Å². The lowest BCUT2D eigenvalue weighted by atomic mass is 9.32. The number of benzene rings is 8. The minimum atomic E-state index is 0.00457. The van der Waals surface area contributed by atoms with Crippen LogP contribution in [0, 0.1) is 0 Å². The lowest BCUT2D eigenvalue weighted by molar-refractivity contribution is 0.487. The average Bonchev–Trinajstić information content (AvgIpc) is 3.11. The zero-order valence-electron chi connectivity index (χ0n) is 27.3. The Kier molecular flexibility index (Phi) is 5.76. The highest BCUT2D eigenvalue weighted by molar-refractivity contribution is 7.01. The van der Waals surface area contributed by atoms with Gasteiger partial charge in [0.2, 0.25) is 0 Å². The van der Waals surface area contributed by atoms with E-state index in [2.05, 4.69) is 160 Å². The molecule has 8 aromatic carbocycles. The minimum Gasteiger partial charge on any atom is -0.458 e.